The van der Waals surface area contributed by atoms with E-state index in [2.05, 4.69) is 4.74 Å². The van der Waals surface area contributed by atoms with E-state index in [9.17, 15) is 40.3 Å². The Labute approximate surface area is 162 Å². The minimum absolute atomic E-state index is 0.0209. The van der Waals surface area contributed by atoms with Crippen LogP contribution >= 0.6 is 0 Å². The molecule has 0 aliphatic carbocycles. The Bertz CT molecular complexity index is 756. The number of hydrogen-bond acceptors (Lipinski definition) is 4. The molecule has 0 aromatic heterocycles. The van der Waals surface area contributed by atoms with Gasteiger partial charge in [0.25, 0.3) is 0 Å². The summed E-state index contributed by atoms with van der Waals surface area (Å²) in [6.45, 7) is 4.47. The molecule has 0 heterocycles. The normalized spacial score (nSPS) is 12.3. The lowest BCUT2D eigenvalue weighted by atomic mass is 10.1. The van der Waals surface area contributed by atoms with Crippen molar-refractivity contribution in [1.82, 2.24) is 0 Å². The first-order chi connectivity index (χ1) is 13.1. The van der Waals surface area contributed by atoms with Crippen LogP contribution in [0, 0.1) is 29.2 Å². The number of ether oxygens (including phenoxy) is 2. The maximum atomic E-state index is 13.8. The van der Waals surface area contributed by atoms with Crippen molar-refractivity contribution in [3.63, 3.8) is 0 Å². The summed E-state index contributed by atoms with van der Waals surface area (Å²) < 4.78 is 102. The zero-order chi connectivity index (χ0) is 22.7. The first-order valence-corrected chi connectivity index (χ1v) is 8.40. The zero-order valence-electron chi connectivity index (χ0n) is 16.0. The Kier molecular flexibility index (Phi) is 7.67. The molecule has 0 fully saturated rings. The van der Waals surface area contributed by atoms with Crippen molar-refractivity contribution in [3.05, 3.63) is 34.4 Å². The minimum Gasteiger partial charge on any atom is -0.458 e. The summed E-state index contributed by atoms with van der Waals surface area (Å²) in [7, 11) is 0. The number of carbonyl (C=O) groups excluding carboxylic acids is 2. The predicted octanol–water partition coefficient (Wildman–Crippen LogP) is 5.06. The maximum Gasteiger partial charge on any atom is 0.422 e. The smallest absolute Gasteiger partial charge is 0.422 e. The van der Waals surface area contributed by atoms with Gasteiger partial charge in [-0.15, -0.1) is 0 Å². The van der Waals surface area contributed by atoms with Crippen molar-refractivity contribution in [2.45, 2.75) is 58.9 Å². The van der Waals surface area contributed by atoms with E-state index in [1.54, 1.807) is 0 Å². The molecule has 0 aliphatic heterocycles. The van der Waals surface area contributed by atoms with Gasteiger partial charge in [-0.1, -0.05) is 13.8 Å². The Morgan fingerprint density at radius 2 is 1.41 bits per heavy atom. The van der Waals surface area contributed by atoms with Gasteiger partial charge in [0.15, 0.2) is 23.3 Å². The summed E-state index contributed by atoms with van der Waals surface area (Å²) >= 11 is 0. The Balaban J connectivity index is 2.98. The molecular weight excluding hydrogens is 413 g/mol. The molecule has 0 saturated carbocycles. The van der Waals surface area contributed by atoms with Gasteiger partial charge in [0.2, 0.25) is 5.60 Å². The van der Waals surface area contributed by atoms with E-state index in [-0.39, 0.29) is 12.3 Å². The van der Waals surface area contributed by atoms with E-state index in [1.807, 2.05) is 13.8 Å². The van der Waals surface area contributed by atoms with Crippen LogP contribution in [-0.2, 0) is 31.8 Å². The summed E-state index contributed by atoms with van der Waals surface area (Å²) in [6, 6.07) is 0. The van der Waals surface area contributed by atoms with Gasteiger partial charge in [0.1, 0.15) is 12.2 Å². The monoisotopic (exact) mass is 432 g/mol. The SMILES string of the molecule is CC(C)CCC(=O)OC(C)(C)C(=O)OCc1c(F)c(F)c(C(F)(F)F)c(F)c1F. The molecule has 0 unspecified atom stereocenters. The quantitative estimate of drug-likeness (QED) is 0.343. The standard InChI is InChI=1S/C18H19F7O4/c1-8(2)5-6-10(26)29-17(3,4)16(27)28-7-9-12(19)14(21)11(18(23,24)25)15(22)13(9)20/h8H,5-7H2,1-4H3. The van der Waals surface area contributed by atoms with Crippen molar-refractivity contribution in [2.75, 3.05) is 0 Å². The second-order valence-corrected chi connectivity index (χ2v) is 7.10. The molecule has 1 aromatic rings. The molecular formula is C18H19F7O4. The fourth-order valence-corrected chi connectivity index (χ4v) is 2.15. The van der Waals surface area contributed by atoms with Gasteiger partial charge in [-0.25, -0.2) is 22.4 Å². The second-order valence-electron chi connectivity index (χ2n) is 7.10. The molecule has 4 nitrogen and oxygen atoms in total. The summed E-state index contributed by atoms with van der Waals surface area (Å²) in [6.07, 6.45) is -5.24. The molecule has 29 heavy (non-hydrogen) atoms. The average Bonchev–Trinajstić information content (AvgIpc) is 2.56. The highest BCUT2D eigenvalue weighted by Gasteiger charge is 2.42. The third-order valence-corrected chi connectivity index (χ3v) is 3.77. The van der Waals surface area contributed by atoms with Crippen LogP contribution in [0.1, 0.15) is 51.7 Å². The largest absolute Gasteiger partial charge is 0.458 e. The Hall–Kier alpha value is -2.33. The highest BCUT2D eigenvalue weighted by Crippen LogP contribution is 2.37. The van der Waals surface area contributed by atoms with Gasteiger partial charge >= 0.3 is 18.1 Å². The van der Waals surface area contributed by atoms with Crippen molar-refractivity contribution in [2.24, 2.45) is 5.92 Å². The van der Waals surface area contributed by atoms with Crippen LogP contribution in [0.3, 0.4) is 0 Å². The number of halogens is 7. The lowest BCUT2D eigenvalue weighted by Gasteiger charge is -2.23. The van der Waals surface area contributed by atoms with E-state index < -0.39 is 64.7 Å². The first kappa shape index (κ1) is 24.7. The van der Waals surface area contributed by atoms with E-state index >= 15 is 0 Å². The summed E-state index contributed by atoms with van der Waals surface area (Å²) in [5.74, 6) is -11.9. The average molecular weight is 432 g/mol. The van der Waals surface area contributed by atoms with Crippen LogP contribution in [0.15, 0.2) is 0 Å². The fraction of sp³-hybridized carbons (Fsp3) is 0.556. The Morgan fingerprint density at radius 3 is 1.83 bits per heavy atom. The molecule has 1 aromatic carbocycles. The van der Waals surface area contributed by atoms with Crippen molar-refractivity contribution >= 4 is 11.9 Å². The molecule has 0 aliphatic rings. The van der Waals surface area contributed by atoms with Crippen LogP contribution in [-0.4, -0.2) is 17.5 Å². The van der Waals surface area contributed by atoms with Crippen LogP contribution in [0.4, 0.5) is 30.7 Å². The van der Waals surface area contributed by atoms with Gasteiger partial charge in [0.05, 0.1) is 5.56 Å². The molecule has 164 valence electrons. The summed E-state index contributed by atoms with van der Waals surface area (Å²) in [5, 5.41) is 0. The van der Waals surface area contributed by atoms with Crippen molar-refractivity contribution in [1.29, 1.82) is 0 Å². The van der Waals surface area contributed by atoms with Crippen LogP contribution in [0.25, 0.3) is 0 Å². The molecule has 0 amide bonds. The van der Waals surface area contributed by atoms with Crippen molar-refractivity contribution in [3.8, 4) is 0 Å². The molecule has 0 saturated heterocycles. The zero-order valence-corrected chi connectivity index (χ0v) is 16.0. The fourth-order valence-electron chi connectivity index (χ4n) is 2.15. The highest BCUT2D eigenvalue weighted by molar-refractivity contribution is 5.82. The second kappa shape index (κ2) is 9.00. The number of alkyl halides is 3. The van der Waals surface area contributed by atoms with Crippen LogP contribution in [0.2, 0.25) is 0 Å². The van der Waals surface area contributed by atoms with E-state index in [0.29, 0.717) is 6.42 Å². The van der Waals surface area contributed by atoms with Crippen molar-refractivity contribution < 1.29 is 49.8 Å². The summed E-state index contributed by atoms with van der Waals surface area (Å²) in [4.78, 5) is 23.7. The molecule has 0 radical (unpaired) electrons. The Morgan fingerprint density at radius 1 is 0.931 bits per heavy atom. The van der Waals surface area contributed by atoms with Crippen LogP contribution < -0.4 is 0 Å². The maximum absolute atomic E-state index is 13.8. The minimum atomic E-state index is -5.68. The lowest BCUT2D eigenvalue weighted by molar-refractivity contribution is -0.179. The third-order valence-electron chi connectivity index (χ3n) is 3.77. The predicted molar refractivity (Wildman–Crippen MR) is 85.3 cm³/mol. The molecule has 0 atom stereocenters. The van der Waals surface area contributed by atoms with Crippen LogP contribution in [0.5, 0.6) is 0 Å². The number of carbonyl (C=O) groups is 2. The van der Waals surface area contributed by atoms with E-state index in [0.717, 1.165) is 13.8 Å². The van der Waals surface area contributed by atoms with Gasteiger partial charge in [0, 0.05) is 6.42 Å². The molecule has 0 N–H and O–H groups in total. The first-order valence-electron chi connectivity index (χ1n) is 8.40. The highest BCUT2D eigenvalue weighted by atomic mass is 19.4. The number of rotatable bonds is 7. The number of benzene rings is 1. The van der Waals surface area contributed by atoms with Gasteiger partial charge < -0.3 is 9.47 Å². The molecule has 0 spiro atoms. The van der Waals surface area contributed by atoms with Gasteiger partial charge in [-0.2, -0.15) is 13.2 Å². The molecule has 11 heteroatoms. The molecule has 1 rings (SSSR count). The summed E-state index contributed by atoms with van der Waals surface area (Å²) in [5.41, 5.74) is -6.20. The van der Waals surface area contributed by atoms with E-state index in [4.69, 9.17) is 4.74 Å². The topological polar surface area (TPSA) is 52.6 Å². The third kappa shape index (κ3) is 6.07. The number of hydrogen-bond donors (Lipinski definition) is 0. The van der Waals surface area contributed by atoms with E-state index in [1.165, 1.54) is 0 Å². The van der Waals surface area contributed by atoms with Gasteiger partial charge in [-0.3, -0.25) is 4.79 Å². The van der Waals surface area contributed by atoms with Gasteiger partial charge in [-0.05, 0) is 26.2 Å². The molecule has 0 bridgehead atoms. The lowest BCUT2D eigenvalue weighted by Crippen LogP contribution is -2.38. The number of esters is 2.